The van der Waals surface area contributed by atoms with Gasteiger partial charge < -0.3 is 25.8 Å². The van der Waals surface area contributed by atoms with Crippen molar-refractivity contribution >= 4 is 40.0 Å². The Bertz CT molecular complexity index is 1620. The first-order valence-electron chi connectivity index (χ1n) is 11.8. The number of benzene rings is 3. The molecule has 4 N–H and O–H groups in total. The molecule has 1 aliphatic carbocycles. The number of carbonyl (C=O) groups excluding carboxylic acids is 3. The van der Waals surface area contributed by atoms with E-state index in [1.165, 1.54) is 67.9 Å². The largest absolute Gasteiger partial charge is 0.496 e. The van der Waals surface area contributed by atoms with Crippen LogP contribution in [0.15, 0.2) is 66.9 Å². The highest BCUT2D eigenvalue weighted by Crippen LogP contribution is 2.47. The van der Waals surface area contributed by atoms with Crippen LogP contribution >= 0.6 is 0 Å². The van der Waals surface area contributed by atoms with Crippen molar-refractivity contribution in [1.82, 2.24) is 4.98 Å². The molecular formula is C28H22F2N4O5. The van der Waals surface area contributed by atoms with E-state index in [-0.39, 0.29) is 28.5 Å². The number of primary amides is 1. The molecule has 39 heavy (non-hydrogen) atoms. The van der Waals surface area contributed by atoms with E-state index in [4.69, 9.17) is 15.2 Å². The Morgan fingerprint density at radius 2 is 1.54 bits per heavy atom. The normalized spacial score (nSPS) is 13.4. The van der Waals surface area contributed by atoms with Gasteiger partial charge in [0.05, 0.1) is 18.2 Å². The molecule has 0 spiro atoms. The average Bonchev–Trinajstić information content (AvgIpc) is 3.73. The van der Waals surface area contributed by atoms with E-state index in [1.807, 2.05) is 0 Å². The zero-order valence-electron chi connectivity index (χ0n) is 20.6. The maximum Gasteiger partial charge on any atom is 0.252 e. The van der Waals surface area contributed by atoms with Gasteiger partial charge in [-0.25, -0.2) is 8.78 Å². The van der Waals surface area contributed by atoms with E-state index in [1.54, 1.807) is 0 Å². The van der Waals surface area contributed by atoms with Gasteiger partial charge in [0.1, 0.15) is 22.7 Å². The molecule has 0 unspecified atom stereocenters. The molecule has 3 amide bonds. The van der Waals surface area contributed by atoms with E-state index < -0.39 is 34.8 Å². The van der Waals surface area contributed by atoms with Crippen LogP contribution in [-0.2, 0) is 9.59 Å². The molecule has 1 fully saturated rings. The summed E-state index contributed by atoms with van der Waals surface area (Å²) in [4.78, 5) is 41.7. The van der Waals surface area contributed by atoms with Crippen molar-refractivity contribution in [3.63, 3.8) is 0 Å². The number of nitrogens with two attached hydrogens (primary N) is 1. The van der Waals surface area contributed by atoms with Crippen LogP contribution in [0.1, 0.15) is 23.2 Å². The molecule has 1 heterocycles. The number of nitrogens with zero attached hydrogens (tertiary/aromatic N) is 1. The number of amides is 3. The minimum Gasteiger partial charge on any atom is -0.496 e. The first-order valence-corrected chi connectivity index (χ1v) is 11.8. The van der Waals surface area contributed by atoms with Crippen LogP contribution in [0.5, 0.6) is 17.2 Å². The molecule has 0 aliphatic heterocycles. The number of nitrogens with one attached hydrogen (secondary N) is 2. The molecule has 0 atom stereocenters. The number of pyridine rings is 1. The number of halogens is 2. The van der Waals surface area contributed by atoms with Crippen LogP contribution in [0.3, 0.4) is 0 Å². The van der Waals surface area contributed by atoms with Gasteiger partial charge in [-0.1, -0.05) is 0 Å². The van der Waals surface area contributed by atoms with E-state index >= 15 is 4.39 Å². The smallest absolute Gasteiger partial charge is 0.252 e. The highest BCUT2D eigenvalue weighted by atomic mass is 19.1. The van der Waals surface area contributed by atoms with Crippen molar-refractivity contribution in [2.24, 2.45) is 11.1 Å². The first kappa shape index (κ1) is 25.6. The van der Waals surface area contributed by atoms with E-state index in [0.717, 1.165) is 6.07 Å². The Hall–Kier alpha value is -5.06. The van der Waals surface area contributed by atoms with Gasteiger partial charge in [-0.2, -0.15) is 0 Å². The SMILES string of the molecule is COc1cc2nccc(Oc3ccc(NC(=O)C4(C(=O)Nc5ccc(F)cc5)CC4)cc3F)c2cc1C(N)=O. The summed E-state index contributed by atoms with van der Waals surface area (Å²) < 4.78 is 39.1. The molecular weight excluding hydrogens is 510 g/mol. The summed E-state index contributed by atoms with van der Waals surface area (Å²) in [6.07, 6.45) is 2.10. The number of methoxy groups -OCH3 is 1. The number of hydrogen-bond acceptors (Lipinski definition) is 6. The van der Waals surface area contributed by atoms with Crippen LogP contribution in [0, 0.1) is 17.0 Å². The van der Waals surface area contributed by atoms with Gasteiger partial charge in [-0.3, -0.25) is 19.4 Å². The number of ether oxygens (including phenoxy) is 2. The molecule has 198 valence electrons. The molecule has 11 heteroatoms. The van der Waals surface area contributed by atoms with Gasteiger partial charge in [-0.15, -0.1) is 0 Å². The Morgan fingerprint density at radius 1 is 0.872 bits per heavy atom. The molecule has 5 rings (SSSR count). The first-order chi connectivity index (χ1) is 18.7. The third-order valence-corrected chi connectivity index (χ3v) is 6.42. The summed E-state index contributed by atoms with van der Waals surface area (Å²) in [5.41, 5.74) is 5.19. The summed E-state index contributed by atoms with van der Waals surface area (Å²) in [5, 5.41) is 5.61. The fourth-order valence-electron chi connectivity index (χ4n) is 4.10. The lowest BCUT2D eigenvalue weighted by molar-refractivity contribution is -0.131. The van der Waals surface area contributed by atoms with E-state index in [2.05, 4.69) is 15.6 Å². The van der Waals surface area contributed by atoms with Gasteiger partial charge in [-0.05, 0) is 61.4 Å². The highest BCUT2D eigenvalue weighted by Gasteiger charge is 2.56. The van der Waals surface area contributed by atoms with Crippen LogP contribution in [0.4, 0.5) is 20.2 Å². The third kappa shape index (κ3) is 5.06. The molecule has 9 nitrogen and oxygen atoms in total. The second-order valence-electron chi connectivity index (χ2n) is 8.99. The summed E-state index contributed by atoms with van der Waals surface area (Å²) in [6, 6.07) is 13.5. The lowest BCUT2D eigenvalue weighted by Gasteiger charge is -2.16. The van der Waals surface area contributed by atoms with Gasteiger partial charge >= 0.3 is 0 Å². The van der Waals surface area contributed by atoms with Gasteiger partial charge in [0.25, 0.3) is 5.91 Å². The fraction of sp³-hybridized carbons (Fsp3) is 0.143. The predicted molar refractivity (Wildman–Crippen MR) is 139 cm³/mol. The molecule has 0 radical (unpaired) electrons. The number of carbonyl (C=O) groups is 3. The average molecular weight is 533 g/mol. The van der Waals surface area contributed by atoms with E-state index in [9.17, 15) is 18.8 Å². The third-order valence-electron chi connectivity index (χ3n) is 6.42. The van der Waals surface area contributed by atoms with Crippen LogP contribution in [-0.4, -0.2) is 29.8 Å². The van der Waals surface area contributed by atoms with Crippen molar-refractivity contribution in [3.8, 4) is 17.2 Å². The molecule has 4 aromatic rings. The zero-order chi connectivity index (χ0) is 27.7. The molecule has 0 bridgehead atoms. The summed E-state index contributed by atoms with van der Waals surface area (Å²) in [5.74, 6) is -2.73. The lowest BCUT2D eigenvalue weighted by atomic mass is 10.0. The topological polar surface area (TPSA) is 133 Å². The minimum atomic E-state index is -1.30. The van der Waals surface area contributed by atoms with E-state index in [0.29, 0.717) is 29.4 Å². The van der Waals surface area contributed by atoms with Crippen molar-refractivity contribution in [1.29, 1.82) is 0 Å². The number of anilines is 2. The van der Waals surface area contributed by atoms with Crippen LogP contribution < -0.4 is 25.8 Å². The minimum absolute atomic E-state index is 0.110. The standard InChI is InChI=1S/C28H22F2N4O5/c1-38-24-14-21-18(13-19(24)25(31)35)22(8-11-32-21)39-23-7-6-17(12-20(23)30)34-27(37)28(9-10-28)26(36)33-16-4-2-15(29)3-5-16/h2-8,11-14H,9-10H2,1H3,(H2,31,35)(H,33,36)(H,34,37). The lowest BCUT2D eigenvalue weighted by Crippen LogP contribution is -2.35. The second-order valence-corrected chi connectivity index (χ2v) is 8.99. The summed E-state index contributed by atoms with van der Waals surface area (Å²) in [6.45, 7) is 0. The molecule has 3 aromatic carbocycles. The Kier molecular flexibility index (Phi) is 6.57. The molecule has 1 saturated carbocycles. The van der Waals surface area contributed by atoms with Gasteiger partial charge in [0.15, 0.2) is 11.6 Å². The monoisotopic (exact) mass is 532 g/mol. The van der Waals surface area contributed by atoms with Crippen LogP contribution in [0.2, 0.25) is 0 Å². The summed E-state index contributed by atoms with van der Waals surface area (Å²) >= 11 is 0. The fourth-order valence-corrected chi connectivity index (χ4v) is 4.10. The predicted octanol–water partition coefficient (Wildman–Crippen LogP) is 4.77. The van der Waals surface area contributed by atoms with Crippen molar-refractivity contribution in [3.05, 3.63) is 84.1 Å². The maximum atomic E-state index is 15.0. The molecule has 1 aromatic heterocycles. The Labute approximate surface area is 220 Å². The Balaban J connectivity index is 1.32. The zero-order valence-corrected chi connectivity index (χ0v) is 20.6. The van der Waals surface area contributed by atoms with Crippen LogP contribution in [0.25, 0.3) is 10.9 Å². The van der Waals surface area contributed by atoms with Gasteiger partial charge in [0, 0.05) is 35.1 Å². The van der Waals surface area contributed by atoms with Crippen molar-refractivity contribution in [2.75, 3.05) is 17.7 Å². The Morgan fingerprint density at radius 3 is 2.15 bits per heavy atom. The van der Waals surface area contributed by atoms with Crippen molar-refractivity contribution < 1.29 is 32.6 Å². The number of fused-ring (bicyclic) bond motifs is 1. The number of aromatic nitrogens is 1. The molecule has 0 saturated heterocycles. The number of hydrogen-bond donors (Lipinski definition) is 3. The maximum absolute atomic E-state index is 15.0. The molecule has 1 aliphatic rings. The van der Waals surface area contributed by atoms with Gasteiger partial charge in [0.2, 0.25) is 11.8 Å². The quantitative estimate of drug-likeness (QED) is 0.280. The van der Waals surface area contributed by atoms with Crippen molar-refractivity contribution in [2.45, 2.75) is 12.8 Å². The highest BCUT2D eigenvalue weighted by molar-refractivity contribution is 6.17. The second kappa shape index (κ2) is 10.0. The number of rotatable bonds is 8. The summed E-state index contributed by atoms with van der Waals surface area (Å²) in [7, 11) is 1.40.